The van der Waals surface area contributed by atoms with E-state index in [0.29, 0.717) is 12.2 Å². The van der Waals surface area contributed by atoms with Gasteiger partial charge in [-0.15, -0.1) is 0 Å². The second-order valence-electron chi connectivity index (χ2n) is 4.87. The fourth-order valence-electron chi connectivity index (χ4n) is 2.24. The Balaban J connectivity index is 1.99. The molecule has 0 radical (unpaired) electrons. The van der Waals surface area contributed by atoms with Crippen molar-refractivity contribution in [1.29, 1.82) is 0 Å². The lowest BCUT2D eigenvalue weighted by atomic mass is 9.89. The number of hydrogen-bond donors (Lipinski definition) is 2. The van der Waals surface area contributed by atoms with Crippen LogP contribution in [0.4, 0.5) is 4.39 Å². The molecule has 1 amide bonds. The quantitative estimate of drug-likeness (QED) is 0.826. The van der Waals surface area contributed by atoms with Crippen LogP contribution in [-0.4, -0.2) is 36.4 Å². The summed E-state index contributed by atoms with van der Waals surface area (Å²) in [5.41, 5.74) is 0.469. The van der Waals surface area contributed by atoms with Crippen molar-refractivity contribution < 1.29 is 19.0 Å². The second kappa shape index (κ2) is 7.21. The smallest absolute Gasteiger partial charge is 0.254 e. The van der Waals surface area contributed by atoms with Crippen LogP contribution in [0.2, 0.25) is 0 Å². The molecular formula is C16H18FNO3. The SMILES string of the molecule is CCOC1CC(NC(=O)c2cc(C#CCO)ccc2F)C1. The number of aliphatic hydroxyl groups excluding tert-OH is 1. The minimum absolute atomic E-state index is 0.0281. The topological polar surface area (TPSA) is 58.6 Å². The average Bonchev–Trinajstić information content (AvgIpc) is 2.44. The highest BCUT2D eigenvalue weighted by molar-refractivity contribution is 5.95. The van der Waals surface area contributed by atoms with E-state index in [-0.39, 0.29) is 24.3 Å². The highest BCUT2D eigenvalue weighted by Gasteiger charge is 2.31. The summed E-state index contributed by atoms with van der Waals surface area (Å²) < 4.78 is 19.1. The summed E-state index contributed by atoms with van der Waals surface area (Å²) >= 11 is 0. The number of carbonyl (C=O) groups excluding carboxylic acids is 1. The molecule has 1 aliphatic rings. The van der Waals surface area contributed by atoms with Crippen molar-refractivity contribution in [2.24, 2.45) is 0 Å². The van der Waals surface area contributed by atoms with Gasteiger partial charge in [-0.1, -0.05) is 11.8 Å². The standard InChI is InChI=1S/C16H18FNO3/c1-2-21-13-9-12(10-13)18-16(20)14-8-11(4-3-7-19)5-6-15(14)17/h5-6,8,12-13,19H,2,7,9-10H2,1H3,(H,18,20). The van der Waals surface area contributed by atoms with Gasteiger partial charge in [-0.25, -0.2) is 4.39 Å². The Kier molecular flexibility index (Phi) is 5.32. The number of nitrogens with one attached hydrogen (secondary N) is 1. The normalized spacial score (nSPS) is 20.1. The Hall–Kier alpha value is -1.90. The molecule has 112 valence electrons. The van der Waals surface area contributed by atoms with Crippen molar-refractivity contribution in [3.8, 4) is 11.8 Å². The second-order valence-corrected chi connectivity index (χ2v) is 4.87. The Bertz CT molecular complexity index is 571. The van der Waals surface area contributed by atoms with E-state index in [0.717, 1.165) is 12.8 Å². The molecule has 0 atom stereocenters. The lowest BCUT2D eigenvalue weighted by Gasteiger charge is -2.35. The Morgan fingerprint density at radius 1 is 1.52 bits per heavy atom. The van der Waals surface area contributed by atoms with Gasteiger partial charge in [-0.3, -0.25) is 4.79 Å². The van der Waals surface area contributed by atoms with Crippen LogP contribution in [0, 0.1) is 17.7 Å². The molecule has 1 aromatic carbocycles. The highest BCUT2D eigenvalue weighted by atomic mass is 19.1. The first kappa shape index (κ1) is 15.5. The molecule has 1 fully saturated rings. The molecule has 5 heteroatoms. The molecule has 1 saturated carbocycles. The van der Waals surface area contributed by atoms with E-state index < -0.39 is 11.7 Å². The number of hydrogen-bond acceptors (Lipinski definition) is 3. The van der Waals surface area contributed by atoms with Gasteiger partial charge in [0, 0.05) is 18.2 Å². The van der Waals surface area contributed by atoms with Crippen LogP contribution in [0.1, 0.15) is 35.7 Å². The number of carbonyl (C=O) groups is 1. The lowest BCUT2D eigenvalue weighted by Crippen LogP contribution is -2.48. The van der Waals surface area contributed by atoms with Crippen molar-refractivity contribution in [2.45, 2.75) is 31.9 Å². The third-order valence-corrected chi connectivity index (χ3v) is 3.36. The Labute approximate surface area is 123 Å². The number of rotatable bonds is 4. The summed E-state index contributed by atoms with van der Waals surface area (Å²) in [5.74, 6) is 4.10. The predicted octanol–water partition coefficient (Wildman–Crippen LogP) is 1.47. The average molecular weight is 291 g/mol. The number of ether oxygens (including phenoxy) is 1. The summed E-state index contributed by atoms with van der Waals surface area (Å²) in [6.45, 7) is 2.31. The van der Waals surface area contributed by atoms with Gasteiger partial charge in [0.25, 0.3) is 5.91 Å². The maximum Gasteiger partial charge on any atom is 0.254 e. The third-order valence-electron chi connectivity index (χ3n) is 3.36. The zero-order chi connectivity index (χ0) is 15.2. The van der Waals surface area contributed by atoms with E-state index in [1.165, 1.54) is 18.2 Å². The summed E-state index contributed by atoms with van der Waals surface area (Å²) in [6, 6.07) is 4.11. The number of aliphatic hydroxyl groups is 1. The molecule has 0 aliphatic heterocycles. The molecular weight excluding hydrogens is 273 g/mol. The van der Waals surface area contributed by atoms with Gasteiger partial charge < -0.3 is 15.2 Å². The fourth-order valence-corrected chi connectivity index (χ4v) is 2.24. The predicted molar refractivity (Wildman–Crippen MR) is 76.3 cm³/mol. The first-order chi connectivity index (χ1) is 10.1. The minimum Gasteiger partial charge on any atom is -0.384 e. The summed E-state index contributed by atoms with van der Waals surface area (Å²) in [6.07, 6.45) is 1.70. The molecule has 2 rings (SSSR count). The van der Waals surface area contributed by atoms with Crippen molar-refractivity contribution in [3.05, 3.63) is 35.1 Å². The molecule has 21 heavy (non-hydrogen) atoms. The molecule has 0 spiro atoms. The van der Waals surface area contributed by atoms with Crippen LogP contribution in [-0.2, 0) is 4.74 Å². The van der Waals surface area contributed by atoms with Gasteiger partial charge in [0.15, 0.2) is 0 Å². The van der Waals surface area contributed by atoms with Crippen molar-refractivity contribution in [1.82, 2.24) is 5.32 Å². The highest BCUT2D eigenvalue weighted by Crippen LogP contribution is 2.23. The van der Waals surface area contributed by atoms with E-state index in [1.54, 1.807) is 0 Å². The molecule has 0 aromatic heterocycles. The fraction of sp³-hybridized carbons (Fsp3) is 0.438. The number of amides is 1. The van der Waals surface area contributed by atoms with Gasteiger partial charge in [0.05, 0.1) is 11.7 Å². The molecule has 2 N–H and O–H groups in total. The van der Waals surface area contributed by atoms with Crippen molar-refractivity contribution in [2.75, 3.05) is 13.2 Å². The monoisotopic (exact) mass is 291 g/mol. The molecule has 0 heterocycles. The summed E-state index contributed by atoms with van der Waals surface area (Å²) in [5, 5.41) is 11.4. The maximum atomic E-state index is 13.7. The molecule has 0 saturated heterocycles. The largest absolute Gasteiger partial charge is 0.384 e. The van der Waals surface area contributed by atoms with Crippen LogP contribution < -0.4 is 5.32 Å². The lowest BCUT2D eigenvalue weighted by molar-refractivity contribution is -0.00865. The molecule has 0 unspecified atom stereocenters. The third kappa shape index (κ3) is 4.03. The summed E-state index contributed by atoms with van der Waals surface area (Å²) in [4.78, 5) is 12.1. The molecule has 0 bridgehead atoms. The van der Waals surface area contributed by atoms with Crippen LogP contribution in [0.5, 0.6) is 0 Å². The van der Waals surface area contributed by atoms with E-state index in [2.05, 4.69) is 17.2 Å². The van der Waals surface area contributed by atoms with Crippen LogP contribution in [0.25, 0.3) is 0 Å². The Morgan fingerprint density at radius 2 is 2.29 bits per heavy atom. The first-order valence-corrected chi connectivity index (χ1v) is 6.95. The summed E-state index contributed by atoms with van der Waals surface area (Å²) in [7, 11) is 0. The van der Waals surface area contributed by atoms with Gasteiger partial charge in [-0.2, -0.15) is 0 Å². The number of halogens is 1. The number of benzene rings is 1. The van der Waals surface area contributed by atoms with E-state index >= 15 is 0 Å². The van der Waals surface area contributed by atoms with E-state index in [4.69, 9.17) is 9.84 Å². The van der Waals surface area contributed by atoms with E-state index in [1.807, 2.05) is 6.92 Å². The van der Waals surface area contributed by atoms with Crippen molar-refractivity contribution in [3.63, 3.8) is 0 Å². The molecule has 4 nitrogen and oxygen atoms in total. The van der Waals surface area contributed by atoms with Gasteiger partial charge in [0.1, 0.15) is 12.4 Å². The minimum atomic E-state index is -0.581. The van der Waals surface area contributed by atoms with Crippen LogP contribution in [0.3, 0.4) is 0 Å². The molecule has 1 aromatic rings. The van der Waals surface area contributed by atoms with Gasteiger partial charge >= 0.3 is 0 Å². The van der Waals surface area contributed by atoms with Crippen molar-refractivity contribution >= 4 is 5.91 Å². The zero-order valence-electron chi connectivity index (χ0n) is 11.9. The molecule has 1 aliphatic carbocycles. The Morgan fingerprint density at radius 3 is 2.95 bits per heavy atom. The van der Waals surface area contributed by atoms with Crippen LogP contribution in [0.15, 0.2) is 18.2 Å². The van der Waals surface area contributed by atoms with Crippen LogP contribution >= 0.6 is 0 Å². The van der Waals surface area contributed by atoms with Gasteiger partial charge in [0.2, 0.25) is 0 Å². The maximum absolute atomic E-state index is 13.7. The van der Waals surface area contributed by atoms with Gasteiger partial charge in [-0.05, 0) is 38.0 Å². The van der Waals surface area contributed by atoms with E-state index in [9.17, 15) is 9.18 Å². The first-order valence-electron chi connectivity index (χ1n) is 6.95. The zero-order valence-corrected chi connectivity index (χ0v) is 11.9.